The minimum Gasteiger partial charge on any atom is -0.338 e. The molecule has 0 aliphatic rings. The number of rotatable bonds is 3. The molecule has 0 bridgehead atoms. The molecule has 0 saturated heterocycles. The molecular formula is C11H10ClN3O2. The lowest BCUT2D eigenvalue weighted by atomic mass is 10.2. The Balaban J connectivity index is 2.29. The van der Waals surface area contributed by atoms with Crippen LogP contribution in [0.5, 0.6) is 0 Å². The van der Waals surface area contributed by atoms with Crippen LogP contribution in [0.4, 0.5) is 5.69 Å². The molecule has 0 radical (unpaired) electrons. The molecule has 0 aliphatic carbocycles. The Morgan fingerprint density at radius 3 is 3.00 bits per heavy atom. The van der Waals surface area contributed by atoms with Crippen LogP contribution in [0.15, 0.2) is 28.8 Å². The first-order valence-electron chi connectivity index (χ1n) is 4.95. The molecule has 0 atom stereocenters. The van der Waals surface area contributed by atoms with Gasteiger partial charge in [-0.15, -0.1) is 11.6 Å². The third kappa shape index (κ3) is 2.82. The number of carbonyl (C=O) groups excluding carboxylic acids is 1. The van der Waals surface area contributed by atoms with E-state index in [9.17, 15) is 4.79 Å². The van der Waals surface area contributed by atoms with E-state index in [-0.39, 0.29) is 11.8 Å². The molecule has 0 unspecified atom stereocenters. The molecule has 1 amide bonds. The van der Waals surface area contributed by atoms with Gasteiger partial charge in [0.2, 0.25) is 17.6 Å². The molecule has 1 aromatic heterocycles. The normalized spacial score (nSPS) is 10.2. The lowest BCUT2D eigenvalue weighted by Gasteiger charge is -2.02. The van der Waals surface area contributed by atoms with Gasteiger partial charge in [-0.05, 0) is 12.1 Å². The van der Waals surface area contributed by atoms with Gasteiger partial charge in [0.25, 0.3) is 0 Å². The minimum absolute atomic E-state index is 0.128. The van der Waals surface area contributed by atoms with Crippen LogP contribution in [0, 0.1) is 0 Å². The number of hydrogen-bond donors (Lipinski definition) is 1. The van der Waals surface area contributed by atoms with Crippen molar-refractivity contribution in [2.24, 2.45) is 0 Å². The standard InChI is InChI=1S/C11H10ClN3O2/c1-7(16)13-9-4-2-3-8(5-9)11-14-10(6-12)17-15-11/h2-5H,6H2,1H3,(H,13,16). The number of nitrogens with one attached hydrogen (secondary N) is 1. The zero-order valence-corrected chi connectivity index (χ0v) is 9.86. The van der Waals surface area contributed by atoms with Crippen LogP contribution < -0.4 is 5.32 Å². The molecule has 6 heteroatoms. The van der Waals surface area contributed by atoms with E-state index in [2.05, 4.69) is 15.5 Å². The van der Waals surface area contributed by atoms with Gasteiger partial charge in [0, 0.05) is 18.2 Å². The number of nitrogens with zero attached hydrogens (tertiary/aromatic N) is 2. The summed E-state index contributed by atoms with van der Waals surface area (Å²) in [5, 5.41) is 6.48. The van der Waals surface area contributed by atoms with Gasteiger partial charge >= 0.3 is 0 Å². The van der Waals surface area contributed by atoms with Gasteiger partial charge in [0.15, 0.2) is 0 Å². The lowest BCUT2D eigenvalue weighted by Crippen LogP contribution is -2.05. The number of benzene rings is 1. The van der Waals surface area contributed by atoms with Gasteiger partial charge in [-0.2, -0.15) is 4.98 Å². The molecule has 1 heterocycles. The van der Waals surface area contributed by atoms with Crippen molar-refractivity contribution < 1.29 is 9.32 Å². The van der Waals surface area contributed by atoms with Crippen LogP contribution in [0.3, 0.4) is 0 Å². The van der Waals surface area contributed by atoms with E-state index in [1.54, 1.807) is 18.2 Å². The van der Waals surface area contributed by atoms with Gasteiger partial charge in [-0.1, -0.05) is 17.3 Å². The lowest BCUT2D eigenvalue weighted by molar-refractivity contribution is -0.114. The quantitative estimate of drug-likeness (QED) is 0.851. The molecule has 0 fully saturated rings. The van der Waals surface area contributed by atoms with E-state index >= 15 is 0 Å². The Morgan fingerprint density at radius 1 is 1.53 bits per heavy atom. The van der Waals surface area contributed by atoms with E-state index in [1.807, 2.05) is 6.07 Å². The molecular weight excluding hydrogens is 242 g/mol. The zero-order valence-electron chi connectivity index (χ0n) is 9.11. The van der Waals surface area contributed by atoms with Crippen molar-refractivity contribution in [3.63, 3.8) is 0 Å². The first kappa shape index (κ1) is 11.6. The van der Waals surface area contributed by atoms with E-state index in [0.717, 1.165) is 5.56 Å². The number of anilines is 1. The smallest absolute Gasteiger partial charge is 0.241 e. The summed E-state index contributed by atoms with van der Waals surface area (Å²) in [6.07, 6.45) is 0. The summed E-state index contributed by atoms with van der Waals surface area (Å²) < 4.78 is 4.91. The van der Waals surface area contributed by atoms with Crippen molar-refractivity contribution in [2.75, 3.05) is 5.32 Å². The fraction of sp³-hybridized carbons (Fsp3) is 0.182. The maximum absolute atomic E-state index is 10.9. The van der Waals surface area contributed by atoms with E-state index in [4.69, 9.17) is 16.1 Å². The molecule has 17 heavy (non-hydrogen) atoms. The number of aromatic nitrogens is 2. The Labute approximate surface area is 103 Å². The molecule has 0 saturated carbocycles. The number of alkyl halides is 1. The van der Waals surface area contributed by atoms with Crippen molar-refractivity contribution in [2.45, 2.75) is 12.8 Å². The Bertz CT molecular complexity index is 539. The molecule has 1 N–H and O–H groups in total. The van der Waals surface area contributed by atoms with E-state index < -0.39 is 0 Å². The minimum atomic E-state index is -0.128. The SMILES string of the molecule is CC(=O)Nc1cccc(-c2noc(CCl)n2)c1. The fourth-order valence-corrected chi connectivity index (χ4v) is 1.47. The molecule has 2 aromatic rings. The van der Waals surface area contributed by atoms with Crippen LogP contribution in [0.2, 0.25) is 0 Å². The summed E-state index contributed by atoms with van der Waals surface area (Å²) >= 11 is 5.57. The number of amides is 1. The van der Waals surface area contributed by atoms with Crippen LogP contribution >= 0.6 is 11.6 Å². The summed E-state index contributed by atoms with van der Waals surface area (Å²) in [5.41, 5.74) is 1.45. The maximum Gasteiger partial charge on any atom is 0.241 e. The third-order valence-corrected chi connectivity index (χ3v) is 2.25. The molecule has 0 aliphatic heterocycles. The highest BCUT2D eigenvalue weighted by Gasteiger charge is 2.08. The van der Waals surface area contributed by atoms with Crippen molar-refractivity contribution in [1.82, 2.24) is 10.1 Å². The first-order chi connectivity index (χ1) is 8.19. The zero-order chi connectivity index (χ0) is 12.3. The van der Waals surface area contributed by atoms with Crippen molar-refractivity contribution >= 4 is 23.2 Å². The highest BCUT2D eigenvalue weighted by atomic mass is 35.5. The Kier molecular flexibility index (Phi) is 3.39. The number of carbonyl (C=O) groups is 1. The second-order valence-corrected chi connectivity index (χ2v) is 3.67. The van der Waals surface area contributed by atoms with Crippen LogP contribution in [-0.2, 0) is 10.7 Å². The summed E-state index contributed by atoms with van der Waals surface area (Å²) in [6, 6.07) is 7.18. The van der Waals surface area contributed by atoms with Crippen molar-refractivity contribution in [3.8, 4) is 11.4 Å². The Hall–Kier alpha value is -1.88. The van der Waals surface area contributed by atoms with Crippen LogP contribution in [-0.4, -0.2) is 16.0 Å². The van der Waals surface area contributed by atoms with Gasteiger partial charge < -0.3 is 9.84 Å². The molecule has 88 valence electrons. The molecule has 5 nitrogen and oxygen atoms in total. The van der Waals surface area contributed by atoms with Crippen LogP contribution in [0.1, 0.15) is 12.8 Å². The first-order valence-corrected chi connectivity index (χ1v) is 5.49. The predicted octanol–water partition coefficient (Wildman–Crippen LogP) is 2.43. The van der Waals surface area contributed by atoms with Gasteiger partial charge in [0.05, 0.1) is 0 Å². The summed E-state index contributed by atoms with van der Waals surface area (Å²) in [5.74, 6) is 0.870. The predicted molar refractivity (Wildman–Crippen MR) is 63.6 cm³/mol. The second kappa shape index (κ2) is 4.97. The average molecular weight is 252 g/mol. The maximum atomic E-state index is 10.9. The summed E-state index contributed by atoms with van der Waals surface area (Å²) in [4.78, 5) is 15.0. The van der Waals surface area contributed by atoms with Crippen molar-refractivity contribution in [3.05, 3.63) is 30.2 Å². The van der Waals surface area contributed by atoms with Gasteiger partial charge in [-0.25, -0.2) is 0 Å². The number of halogens is 1. The third-order valence-electron chi connectivity index (χ3n) is 2.02. The summed E-state index contributed by atoms with van der Waals surface area (Å²) in [7, 11) is 0. The average Bonchev–Trinajstić information content (AvgIpc) is 2.77. The topological polar surface area (TPSA) is 68.0 Å². The molecule has 0 spiro atoms. The molecule has 2 rings (SSSR count). The fourth-order valence-electron chi connectivity index (χ4n) is 1.37. The second-order valence-electron chi connectivity index (χ2n) is 3.41. The van der Waals surface area contributed by atoms with Crippen LogP contribution in [0.25, 0.3) is 11.4 Å². The van der Waals surface area contributed by atoms with E-state index in [1.165, 1.54) is 6.92 Å². The number of hydrogen-bond acceptors (Lipinski definition) is 4. The highest BCUT2D eigenvalue weighted by Crippen LogP contribution is 2.20. The van der Waals surface area contributed by atoms with Gasteiger partial charge in [0.1, 0.15) is 5.88 Å². The molecule has 1 aromatic carbocycles. The highest BCUT2D eigenvalue weighted by molar-refractivity contribution is 6.16. The largest absolute Gasteiger partial charge is 0.338 e. The van der Waals surface area contributed by atoms with Gasteiger partial charge in [-0.3, -0.25) is 4.79 Å². The Morgan fingerprint density at radius 2 is 2.35 bits per heavy atom. The van der Waals surface area contributed by atoms with E-state index in [0.29, 0.717) is 17.4 Å². The summed E-state index contributed by atoms with van der Waals surface area (Å²) in [6.45, 7) is 1.45. The van der Waals surface area contributed by atoms with Crippen molar-refractivity contribution in [1.29, 1.82) is 0 Å². The monoisotopic (exact) mass is 251 g/mol.